The molecule has 1 saturated heterocycles. The number of benzene rings is 1. The second-order valence-corrected chi connectivity index (χ2v) is 9.65. The molecule has 1 fully saturated rings. The maximum absolute atomic E-state index is 13.9. The number of likely N-dealkylation sites (tertiary alicyclic amines) is 1. The van der Waals surface area contributed by atoms with Crippen molar-refractivity contribution in [2.24, 2.45) is 10.1 Å². The summed E-state index contributed by atoms with van der Waals surface area (Å²) in [6, 6.07) is 0.723. The molecule has 0 aliphatic carbocycles. The fraction of sp³-hybridized carbons (Fsp3) is 0.571. The summed E-state index contributed by atoms with van der Waals surface area (Å²) in [5.74, 6) is -5.35. The average molecular weight is 538 g/mol. The van der Waals surface area contributed by atoms with Gasteiger partial charge in [0.25, 0.3) is 5.91 Å². The van der Waals surface area contributed by atoms with Crippen LogP contribution in [0, 0.1) is 17.5 Å². The van der Waals surface area contributed by atoms with Crippen molar-refractivity contribution >= 4 is 41.4 Å². The maximum Gasteiger partial charge on any atom is 0.315 e. The van der Waals surface area contributed by atoms with Gasteiger partial charge in [0, 0.05) is 31.6 Å². The number of urea groups is 1. The lowest BCUT2D eigenvalue weighted by atomic mass is 10.1. The molecule has 0 spiro atoms. The summed E-state index contributed by atoms with van der Waals surface area (Å²) in [5.41, 5.74) is 4.70. The normalized spacial score (nSPS) is 24.7. The van der Waals surface area contributed by atoms with Gasteiger partial charge >= 0.3 is 6.03 Å². The number of hydrogen-bond donors (Lipinski definition) is 4. The summed E-state index contributed by atoms with van der Waals surface area (Å²) >= 11 is 7.04. The number of aliphatic hydroxyl groups is 1. The van der Waals surface area contributed by atoms with Crippen molar-refractivity contribution < 1.29 is 32.6 Å². The quantitative estimate of drug-likeness (QED) is 0.166. The number of nitrogens with zero attached hydrogens (tertiary/aromatic N) is 2. The van der Waals surface area contributed by atoms with Crippen molar-refractivity contribution in [3.05, 3.63) is 35.1 Å². The van der Waals surface area contributed by atoms with Crippen LogP contribution < -0.4 is 16.4 Å². The molecular formula is C21H27ClF3N5O4S. The van der Waals surface area contributed by atoms with Gasteiger partial charge in [-0.1, -0.05) is 11.6 Å². The molecule has 3 rings (SSSR count). The lowest BCUT2D eigenvalue weighted by Crippen LogP contribution is -2.58. The number of carbonyl (C=O) groups excluding carboxylic acids is 2. The van der Waals surface area contributed by atoms with Crippen molar-refractivity contribution in [3.63, 3.8) is 0 Å². The van der Waals surface area contributed by atoms with Crippen LogP contribution in [0.25, 0.3) is 0 Å². The Labute approximate surface area is 209 Å². The van der Waals surface area contributed by atoms with Gasteiger partial charge in [-0.2, -0.15) is 4.40 Å². The van der Waals surface area contributed by atoms with E-state index in [4.69, 9.17) is 22.1 Å². The number of carbonyl (C=O) groups is 2. The first kappa shape index (κ1) is 27.4. The highest BCUT2D eigenvalue weighted by Gasteiger charge is 2.55. The van der Waals surface area contributed by atoms with E-state index < -0.39 is 63.9 Å². The van der Waals surface area contributed by atoms with E-state index in [0.29, 0.717) is 31.0 Å². The minimum Gasteiger partial charge on any atom is -0.474 e. The van der Waals surface area contributed by atoms with Crippen molar-refractivity contribution in [1.29, 1.82) is 0 Å². The fourth-order valence-corrected chi connectivity index (χ4v) is 4.97. The molecule has 2 heterocycles. The number of aliphatic hydroxyl groups excluding tert-OH is 1. The highest BCUT2D eigenvalue weighted by Crippen LogP contribution is 2.38. The number of hydrogen-bond acceptors (Lipinski definition) is 7. The first-order valence-electron chi connectivity index (χ1n) is 11.1. The van der Waals surface area contributed by atoms with Crippen LogP contribution in [0.1, 0.15) is 37.7 Å². The monoisotopic (exact) mass is 537 g/mol. The molecule has 3 atom stereocenters. The van der Waals surface area contributed by atoms with Gasteiger partial charge in [0.05, 0.1) is 5.56 Å². The van der Waals surface area contributed by atoms with E-state index in [0.717, 1.165) is 44.8 Å². The molecule has 2 aliphatic rings. The first-order valence-corrected chi connectivity index (χ1v) is 12.3. The molecule has 0 bridgehead atoms. The van der Waals surface area contributed by atoms with E-state index in [2.05, 4.69) is 15.0 Å². The number of amides is 3. The lowest BCUT2D eigenvalue weighted by molar-refractivity contribution is -0.119. The topological polar surface area (TPSA) is 129 Å². The van der Waals surface area contributed by atoms with Crippen molar-refractivity contribution in [1.82, 2.24) is 15.5 Å². The summed E-state index contributed by atoms with van der Waals surface area (Å²) in [6.07, 6.45) is 3.84. The van der Waals surface area contributed by atoms with E-state index in [1.807, 2.05) is 4.90 Å². The fourth-order valence-electron chi connectivity index (χ4n) is 3.73. The summed E-state index contributed by atoms with van der Waals surface area (Å²) in [5, 5.41) is 13.9. The molecule has 0 aromatic heterocycles. The van der Waals surface area contributed by atoms with Gasteiger partial charge in [-0.15, -0.1) is 0 Å². The molecular weight excluding hydrogens is 511 g/mol. The molecule has 194 valence electrons. The second-order valence-electron chi connectivity index (χ2n) is 8.19. The van der Waals surface area contributed by atoms with Crippen LogP contribution in [0.15, 0.2) is 16.5 Å². The van der Waals surface area contributed by atoms with Crippen molar-refractivity contribution in [2.75, 3.05) is 19.6 Å². The third-order valence-electron chi connectivity index (χ3n) is 5.76. The number of rotatable bonds is 9. The maximum atomic E-state index is 13.9. The van der Waals surface area contributed by atoms with Gasteiger partial charge in [-0.05, 0) is 44.2 Å². The number of nitrogens with one attached hydrogen (secondary N) is 2. The van der Waals surface area contributed by atoms with Crippen LogP contribution in [0.2, 0.25) is 0 Å². The zero-order valence-corrected chi connectivity index (χ0v) is 20.3. The van der Waals surface area contributed by atoms with Crippen LogP contribution in [0.4, 0.5) is 18.0 Å². The van der Waals surface area contributed by atoms with Crippen LogP contribution in [0.3, 0.4) is 0 Å². The van der Waals surface area contributed by atoms with Gasteiger partial charge in [0.15, 0.2) is 11.6 Å². The van der Waals surface area contributed by atoms with E-state index in [1.54, 1.807) is 0 Å². The number of piperidine rings is 1. The molecule has 0 saturated carbocycles. The zero-order chi connectivity index (χ0) is 25.6. The molecule has 1 aromatic carbocycles. The summed E-state index contributed by atoms with van der Waals surface area (Å²) < 4.78 is 50.3. The SMILES string of the molecule is NC(=O)C1(Cl)C(OCc2c(F)ccc(F)c2F)=NSC1NC(=O)NCCCCN1CCCCC1O. The Hall–Kier alpha value is -2.22. The predicted octanol–water partition coefficient (Wildman–Crippen LogP) is 2.35. The molecule has 9 nitrogen and oxygen atoms in total. The molecule has 3 unspecified atom stereocenters. The predicted molar refractivity (Wildman–Crippen MR) is 125 cm³/mol. The highest BCUT2D eigenvalue weighted by molar-refractivity contribution is 7.99. The largest absolute Gasteiger partial charge is 0.474 e. The highest BCUT2D eigenvalue weighted by atomic mass is 35.5. The molecule has 0 radical (unpaired) electrons. The number of halogens is 4. The summed E-state index contributed by atoms with van der Waals surface area (Å²) in [7, 11) is 0. The van der Waals surface area contributed by atoms with Crippen LogP contribution in [0.5, 0.6) is 0 Å². The number of nitrogens with two attached hydrogens (primary N) is 1. The third kappa shape index (κ3) is 6.51. The van der Waals surface area contributed by atoms with Gasteiger partial charge in [0.2, 0.25) is 10.8 Å². The zero-order valence-electron chi connectivity index (χ0n) is 18.7. The minimum absolute atomic E-state index is 0.335. The Morgan fingerprint density at radius 3 is 2.74 bits per heavy atom. The van der Waals surface area contributed by atoms with E-state index >= 15 is 0 Å². The molecule has 1 aromatic rings. The third-order valence-corrected chi connectivity index (χ3v) is 7.41. The Morgan fingerprint density at radius 1 is 1.29 bits per heavy atom. The van der Waals surface area contributed by atoms with Gasteiger partial charge in [0.1, 0.15) is 24.0 Å². The number of ether oxygens (including phenoxy) is 1. The molecule has 14 heteroatoms. The van der Waals surface area contributed by atoms with Gasteiger partial charge in [-0.25, -0.2) is 18.0 Å². The van der Waals surface area contributed by atoms with Crippen LogP contribution in [-0.2, 0) is 16.1 Å². The Balaban J connectivity index is 1.48. The Bertz CT molecular complexity index is 975. The van der Waals surface area contributed by atoms with E-state index in [-0.39, 0.29) is 0 Å². The van der Waals surface area contributed by atoms with E-state index in [9.17, 15) is 27.9 Å². The van der Waals surface area contributed by atoms with Gasteiger partial charge in [-0.3, -0.25) is 9.69 Å². The summed E-state index contributed by atoms with van der Waals surface area (Å²) in [4.78, 5) is 24.3. The number of alkyl halides is 1. The average Bonchev–Trinajstić information content (AvgIpc) is 3.13. The second kappa shape index (κ2) is 12.2. The minimum atomic E-state index is -2.13. The van der Waals surface area contributed by atoms with Crippen molar-refractivity contribution in [2.45, 2.75) is 55.2 Å². The number of unbranched alkanes of at least 4 members (excludes halogenated alkanes) is 1. The standard InChI is InChI=1S/C21H27ClF3N5O4S/c22-21(17(26)32)18(34-11-12-13(23)6-7-14(24)16(12)25)29-35-19(21)28-20(33)27-8-2-4-10-30-9-3-1-5-15(30)31/h6-7,15,19,31H,1-5,8-11H2,(H2,26,32)(H2,27,28,33). The Kier molecular flexibility index (Phi) is 9.50. The first-order chi connectivity index (χ1) is 16.6. The lowest BCUT2D eigenvalue weighted by Gasteiger charge is -2.31. The van der Waals surface area contributed by atoms with E-state index in [1.165, 1.54) is 0 Å². The van der Waals surface area contributed by atoms with Crippen molar-refractivity contribution in [3.8, 4) is 0 Å². The van der Waals surface area contributed by atoms with Gasteiger partial charge < -0.3 is 26.2 Å². The smallest absolute Gasteiger partial charge is 0.315 e. The molecule has 3 amide bonds. The van der Waals surface area contributed by atoms with Crippen LogP contribution in [-0.4, -0.2) is 64.0 Å². The molecule has 5 N–H and O–H groups in total. The summed E-state index contributed by atoms with van der Waals surface area (Å²) in [6.45, 7) is 1.10. The molecule has 2 aliphatic heterocycles. The molecule has 35 heavy (non-hydrogen) atoms. The van der Waals surface area contributed by atoms with Crippen LogP contribution >= 0.6 is 23.5 Å². The number of primary amides is 1. The Morgan fingerprint density at radius 2 is 2.03 bits per heavy atom.